The first-order chi connectivity index (χ1) is 9.63. The van der Waals surface area contributed by atoms with Crippen molar-refractivity contribution in [2.75, 3.05) is 6.61 Å². The van der Waals surface area contributed by atoms with Gasteiger partial charge in [-0.05, 0) is 30.9 Å². The summed E-state index contributed by atoms with van der Waals surface area (Å²) >= 11 is 1.42. The molecule has 1 unspecified atom stereocenters. The molecule has 2 rings (SSSR count). The van der Waals surface area contributed by atoms with Gasteiger partial charge in [-0.2, -0.15) is 0 Å². The van der Waals surface area contributed by atoms with E-state index in [9.17, 15) is 9.59 Å². The third kappa shape index (κ3) is 3.14. The fraction of sp³-hybridized carbons (Fsp3) is 0.250. The molecule has 104 valence electrons. The van der Waals surface area contributed by atoms with E-state index in [1.807, 2.05) is 29.6 Å². The molecule has 0 fully saturated rings. The summed E-state index contributed by atoms with van der Waals surface area (Å²) in [5.41, 5.74) is 1.48. The number of carbonyl (C=O) groups excluding carboxylic acids is 2. The lowest BCUT2D eigenvalue weighted by atomic mass is 9.98. The normalized spacial score (nSPS) is 11.9. The Morgan fingerprint density at radius 2 is 1.90 bits per heavy atom. The van der Waals surface area contributed by atoms with Crippen molar-refractivity contribution in [1.29, 1.82) is 0 Å². The number of hydrogen-bond donors (Lipinski definition) is 0. The van der Waals surface area contributed by atoms with Crippen LogP contribution in [-0.2, 0) is 9.53 Å². The van der Waals surface area contributed by atoms with Crippen LogP contribution in [0.5, 0.6) is 0 Å². The molecule has 1 atom stereocenters. The van der Waals surface area contributed by atoms with Gasteiger partial charge in [0.2, 0.25) is 5.78 Å². The first kappa shape index (κ1) is 14.5. The summed E-state index contributed by atoms with van der Waals surface area (Å²) in [6, 6.07) is 10.8. The van der Waals surface area contributed by atoms with Crippen molar-refractivity contribution in [2.45, 2.75) is 19.8 Å². The van der Waals surface area contributed by atoms with E-state index in [1.54, 1.807) is 26.0 Å². The van der Waals surface area contributed by atoms with Crippen LogP contribution in [0.25, 0.3) is 0 Å². The number of carbonyl (C=O) groups is 2. The largest absolute Gasteiger partial charge is 0.466 e. The number of rotatable bonds is 5. The molecule has 0 aliphatic carbocycles. The molecule has 0 N–H and O–H groups in total. The molecule has 0 radical (unpaired) electrons. The van der Waals surface area contributed by atoms with Crippen LogP contribution >= 0.6 is 11.3 Å². The molecule has 0 aliphatic rings. The van der Waals surface area contributed by atoms with Crippen LogP contribution in [0.1, 0.15) is 40.6 Å². The van der Waals surface area contributed by atoms with Gasteiger partial charge in [-0.15, -0.1) is 11.3 Å². The topological polar surface area (TPSA) is 43.4 Å². The standard InChI is InChI=1S/C16H16O3S/c1-3-19-16(18)11(2)12-6-8-13(9-7-12)15(17)14-5-4-10-20-14/h4-11H,3H2,1-2H3. The van der Waals surface area contributed by atoms with Crippen molar-refractivity contribution in [3.05, 3.63) is 57.8 Å². The molecule has 0 saturated carbocycles. The monoisotopic (exact) mass is 288 g/mol. The molecular weight excluding hydrogens is 272 g/mol. The van der Waals surface area contributed by atoms with Gasteiger partial charge in [0.1, 0.15) is 0 Å². The number of benzene rings is 1. The van der Waals surface area contributed by atoms with Gasteiger partial charge >= 0.3 is 5.97 Å². The van der Waals surface area contributed by atoms with Gasteiger partial charge in [-0.1, -0.05) is 30.3 Å². The maximum atomic E-state index is 12.1. The number of esters is 1. The van der Waals surface area contributed by atoms with Crippen LogP contribution in [0.4, 0.5) is 0 Å². The van der Waals surface area contributed by atoms with E-state index < -0.39 is 0 Å². The fourth-order valence-electron chi connectivity index (χ4n) is 1.88. The molecule has 0 spiro atoms. The second kappa shape index (κ2) is 6.48. The lowest BCUT2D eigenvalue weighted by molar-refractivity contribution is -0.144. The molecule has 1 aromatic heterocycles. The Kier molecular flexibility index (Phi) is 4.69. The van der Waals surface area contributed by atoms with Crippen molar-refractivity contribution < 1.29 is 14.3 Å². The Labute approximate surface area is 122 Å². The average molecular weight is 288 g/mol. The smallest absolute Gasteiger partial charge is 0.313 e. The van der Waals surface area contributed by atoms with Gasteiger partial charge in [-0.25, -0.2) is 0 Å². The highest BCUT2D eigenvalue weighted by Crippen LogP contribution is 2.20. The minimum absolute atomic E-state index is 0.00957. The van der Waals surface area contributed by atoms with Gasteiger partial charge in [0.15, 0.2) is 0 Å². The van der Waals surface area contributed by atoms with Crippen molar-refractivity contribution in [1.82, 2.24) is 0 Å². The summed E-state index contributed by atoms with van der Waals surface area (Å²) in [7, 11) is 0. The number of ketones is 1. The van der Waals surface area contributed by atoms with E-state index in [4.69, 9.17) is 4.74 Å². The lowest BCUT2D eigenvalue weighted by Gasteiger charge is -2.11. The molecule has 1 heterocycles. The molecular formula is C16H16O3S. The fourth-order valence-corrected chi connectivity index (χ4v) is 2.56. The molecule has 4 heteroatoms. The molecule has 0 aliphatic heterocycles. The minimum Gasteiger partial charge on any atom is -0.466 e. The molecule has 0 amide bonds. The predicted molar refractivity (Wildman–Crippen MR) is 79.2 cm³/mol. The first-order valence-electron chi connectivity index (χ1n) is 6.48. The zero-order valence-corrected chi connectivity index (χ0v) is 12.3. The van der Waals surface area contributed by atoms with Gasteiger partial charge in [0.05, 0.1) is 17.4 Å². The highest BCUT2D eigenvalue weighted by molar-refractivity contribution is 7.12. The zero-order valence-electron chi connectivity index (χ0n) is 11.5. The first-order valence-corrected chi connectivity index (χ1v) is 7.36. The highest BCUT2D eigenvalue weighted by Gasteiger charge is 2.17. The van der Waals surface area contributed by atoms with Gasteiger partial charge < -0.3 is 4.74 Å². The van der Waals surface area contributed by atoms with Gasteiger partial charge in [-0.3, -0.25) is 9.59 Å². The van der Waals surface area contributed by atoms with Crippen LogP contribution < -0.4 is 0 Å². The van der Waals surface area contributed by atoms with Gasteiger partial charge in [0.25, 0.3) is 0 Å². The van der Waals surface area contributed by atoms with E-state index in [1.165, 1.54) is 11.3 Å². The Morgan fingerprint density at radius 3 is 2.45 bits per heavy atom. The van der Waals surface area contributed by atoms with E-state index in [2.05, 4.69) is 0 Å². The Balaban J connectivity index is 2.14. The summed E-state index contributed by atoms with van der Waals surface area (Å²) in [6.45, 7) is 3.96. The van der Waals surface area contributed by atoms with Crippen LogP contribution in [0, 0.1) is 0 Å². The van der Waals surface area contributed by atoms with E-state index in [0.29, 0.717) is 12.2 Å². The molecule has 3 nitrogen and oxygen atoms in total. The third-order valence-electron chi connectivity index (χ3n) is 3.06. The van der Waals surface area contributed by atoms with Gasteiger partial charge in [0, 0.05) is 5.56 Å². The van der Waals surface area contributed by atoms with Crippen LogP contribution in [-0.4, -0.2) is 18.4 Å². The number of ether oxygens (including phenoxy) is 1. The third-order valence-corrected chi connectivity index (χ3v) is 3.93. The Hall–Kier alpha value is -1.94. The van der Waals surface area contributed by atoms with E-state index in [0.717, 1.165) is 10.4 Å². The van der Waals surface area contributed by atoms with Crippen molar-refractivity contribution >= 4 is 23.1 Å². The van der Waals surface area contributed by atoms with Crippen molar-refractivity contribution in [2.24, 2.45) is 0 Å². The second-order valence-electron chi connectivity index (χ2n) is 4.40. The average Bonchev–Trinajstić information content (AvgIpc) is 3.00. The maximum Gasteiger partial charge on any atom is 0.313 e. The minimum atomic E-state index is -0.319. The van der Waals surface area contributed by atoms with Crippen molar-refractivity contribution in [3.8, 4) is 0 Å². The molecule has 2 aromatic rings. The summed E-state index contributed by atoms with van der Waals surface area (Å²) in [6.07, 6.45) is 0. The number of thiophene rings is 1. The lowest BCUT2D eigenvalue weighted by Crippen LogP contribution is -2.13. The van der Waals surface area contributed by atoms with E-state index >= 15 is 0 Å². The molecule has 1 aromatic carbocycles. The molecule has 20 heavy (non-hydrogen) atoms. The Morgan fingerprint density at radius 1 is 1.20 bits per heavy atom. The predicted octanol–water partition coefficient (Wildman–Crippen LogP) is 3.65. The van der Waals surface area contributed by atoms with Crippen LogP contribution in [0.3, 0.4) is 0 Å². The highest BCUT2D eigenvalue weighted by atomic mass is 32.1. The van der Waals surface area contributed by atoms with Crippen molar-refractivity contribution in [3.63, 3.8) is 0 Å². The summed E-state index contributed by atoms with van der Waals surface area (Å²) in [5.74, 6) is -0.555. The summed E-state index contributed by atoms with van der Waals surface area (Å²) in [5, 5.41) is 1.88. The SMILES string of the molecule is CCOC(=O)C(C)c1ccc(C(=O)c2cccs2)cc1. The maximum absolute atomic E-state index is 12.1. The summed E-state index contributed by atoms with van der Waals surface area (Å²) < 4.78 is 4.99. The zero-order chi connectivity index (χ0) is 14.5. The second-order valence-corrected chi connectivity index (χ2v) is 5.35. The van der Waals surface area contributed by atoms with Crippen LogP contribution in [0.2, 0.25) is 0 Å². The molecule has 0 saturated heterocycles. The van der Waals surface area contributed by atoms with E-state index in [-0.39, 0.29) is 17.7 Å². The Bertz CT molecular complexity index is 585. The van der Waals surface area contributed by atoms with Crippen LogP contribution in [0.15, 0.2) is 41.8 Å². The quantitative estimate of drug-likeness (QED) is 0.623. The summed E-state index contributed by atoms with van der Waals surface area (Å²) in [4.78, 5) is 24.5. The molecule has 0 bridgehead atoms. The number of hydrogen-bond acceptors (Lipinski definition) is 4.